The van der Waals surface area contributed by atoms with Gasteiger partial charge in [-0.1, -0.05) is 11.6 Å². The largest absolute Gasteiger partial charge is 0.397 e. The van der Waals surface area contributed by atoms with Crippen LogP contribution in [-0.4, -0.2) is 12.0 Å². The van der Waals surface area contributed by atoms with Gasteiger partial charge in [0.25, 0.3) is 0 Å². The predicted molar refractivity (Wildman–Crippen MR) is 76.9 cm³/mol. The van der Waals surface area contributed by atoms with Crippen molar-refractivity contribution in [2.75, 3.05) is 17.7 Å². The summed E-state index contributed by atoms with van der Waals surface area (Å²) >= 11 is 5.98. The van der Waals surface area contributed by atoms with Gasteiger partial charge in [-0.15, -0.1) is 0 Å². The number of pyridine rings is 1. The Morgan fingerprint density at radius 3 is 2.89 bits per heavy atom. The molecule has 0 spiro atoms. The third kappa shape index (κ3) is 3.15. The third-order valence-corrected chi connectivity index (χ3v) is 3.00. The Labute approximate surface area is 117 Å². The average molecular weight is 273 g/mol. The summed E-state index contributed by atoms with van der Waals surface area (Å²) < 4.78 is 0. The van der Waals surface area contributed by atoms with Crippen molar-refractivity contribution in [1.29, 1.82) is 5.26 Å². The zero-order chi connectivity index (χ0) is 13.8. The lowest BCUT2D eigenvalue weighted by molar-refractivity contribution is 0.920. The van der Waals surface area contributed by atoms with Gasteiger partial charge in [-0.25, -0.2) is 4.98 Å². The number of aromatic nitrogens is 1. The molecule has 1 aromatic carbocycles. The summed E-state index contributed by atoms with van der Waals surface area (Å²) in [5, 5.41) is 9.47. The molecule has 4 nitrogen and oxygen atoms in total. The maximum absolute atomic E-state index is 8.83. The fraction of sp³-hybridized carbons (Fsp3) is 0.143. The zero-order valence-corrected chi connectivity index (χ0v) is 11.2. The standard InChI is InChI=1S/C14H13ClN4/c1-19(14-7-11(15)2-3-13(14)17)9-10-4-5-18-12(6-10)8-16/h2-7H,9,17H2,1H3. The number of rotatable bonds is 3. The predicted octanol–water partition coefficient (Wildman–Crippen LogP) is 2.83. The lowest BCUT2D eigenvalue weighted by atomic mass is 10.2. The lowest BCUT2D eigenvalue weighted by Gasteiger charge is -2.21. The van der Waals surface area contributed by atoms with Crippen molar-refractivity contribution in [1.82, 2.24) is 4.98 Å². The third-order valence-electron chi connectivity index (χ3n) is 2.76. The highest BCUT2D eigenvalue weighted by Gasteiger charge is 2.07. The number of nitriles is 1. The normalized spacial score (nSPS) is 9.95. The number of nitrogens with two attached hydrogens (primary N) is 1. The minimum Gasteiger partial charge on any atom is -0.397 e. The Morgan fingerprint density at radius 1 is 1.37 bits per heavy atom. The molecule has 96 valence electrons. The molecule has 0 radical (unpaired) electrons. The summed E-state index contributed by atoms with van der Waals surface area (Å²) in [5.74, 6) is 0. The molecule has 0 bridgehead atoms. The van der Waals surface area contributed by atoms with Crippen LogP contribution in [0.3, 0.4) is 0 Å². The van der Waals surface area contributed by atoms with Gasteiger partial charge in [-0.3, -0.25) is 0 Å². The smallest absolute Gasteiger partial charge is 0.140 e. The van der Waals surface area contributed by atoms with Crippen LogP contribution in [0.1, 0.15) is 11.3 Å². The first kappa shape index (κ1) is 13.2. The van der Waals surface area contributed by atoms with Gasteiger partial charge in [0.15, 0.2) is 0 Å². The van der Waals surface area contributed by atoms with Crippen molar-refractivity contribution in [3.05, 3.63) is 52.8 Å². The summed E-state index contributed by atoms with van der Waals surface area (Å²) in [7, 11) is 1.93. The van der Waals surface area contributed by atoms with E-state index in [0.29, 0.717) is 22.9 Å². The van der Waals surface area contributed by atoms with E-state index in [1.54, 1.807) is 24.4 Å². The molecule has 0 aliphatic heterocycles. The number of anilines is 2. The average Bonchev–Trinajstić information content (AvgIpc) is 2.41. The van der Waals surface area contributed by atoms with Crippen molar-refractivity contribution in [2.24, 2.45) is 0 Å². The SMILES string of the molecule is CN(Cc1ccnc(C#N)c1)c1cc(Cl)ccc1N. The van der Waals surface area contributed by atoms with E-state index in [4.69, 9.17) is 22.6 Å². The van der Waals surface area contributed by atoms with Crippen LogP contribution in [0.15, 0.2) is 36.5 Å². The molecule has 0 aliphatic carbocycles. The molecule has 0 amide bonds. The number of halogens is 1. The van der Waals surface area contributed by atoms with E-state index >= 15 is 0 Å². The van der Waals surface area contributed by atoms with E-state index in [2.05, 4.69) is 4.98 Å². The molecule has 0 unspecified atom stereocenters. The number of hydrogen-bond acceptors (Lipinski definition) is 4. The molecule has 1 aromatic heterocycles. The van der Waals surface area contributed by atoms with Crippen LogP contribution in [0.4, 0.5) is 11.4 Å². The number of benzene rings is 1. The second kappa shape index (κ2) is 5.59. The monoisotopic (exact) mass is 272 g/mol. The van der Waals surface area contributed by atoms with Crippen LogP contribution in [0, 0.1) is 11.3 Å². The minimum atomic E-state index is 0.407. The number of nitrogen functional groups attached to an aromatic ring is 1. The summed E-state index contributed by atoms with van der Waals surface area (Å²) in [4.78, 5) is 5.93. The number of nitrogens with zero attached hydrogens (tertiary/aromatic N) is 3. The Morgan fingerprint density at radius 2 is 2.16 bits per heavy atom. The van der Waals surface area contributed by atoms with Crippen LogP contribution in [-0.2, 0) is 6.54 Å². The van der Waals surface area contributed by atoms with Gasteiger partial charge < -0.3 is 10.6 Å². The molecule has 2 aromatic rings. The van der Waals surface area contributed by atoms with Crippen LogP contribution >= 0.6 is 11.6 Å². The Bertz CT molecular complexity index is 634. The highest BCUT2D eigenvalue weighted by Crippen LogP contribution is 2.27. The number of hydrogen-bond donors (Lipinski definition) is 1. The van der Waals surface area contributed by atoms with E-state index in [1.807, 2.05) is 30.1 Å². The molecule has 0 atom stereocenters. The highest BCUT2D eigenvalue weighted by atomic mass is 35.5. The van der Waals surface area contributed by atoms with E-state index < -0.39 is 0 Å². The first-order valence-electron chi connectivity index (χ1n) is 5.71. The molecule has 0 fully saturated rings. The second-order valence-electron chi connectivity index (χ2n) is 4.22. The molecule has 2 N–H and O–H groups in total. The van der Waals surface area contributed by atoms with Crippen LogP contribution in [0.5, 0.6) is 0 Å². The molecule has 0 saturated carbocycles. The maximum Gasteiger partial charge on any atom is 0.140 e. The summed E-state index contributed by atoms with van der Waals surface area (Å²) in [5.41, 5.74) is 8.87. The molecule has 5 heteroatoms. The second-order valence-corrected chi connectivity index (χ2v) is 4.66. The molecule has 0 saturated heterocycles. The fourth-order valence-electron chi connectivity index (χ4n) is 1.84. The molecular weight excluding hydrogens is 260 g/mol. The van der Waals surface area contributed by atoms with Crippen molar-refractivity contribution in [3.8, 4) is 6.07 Å². The highest BCUT2D eigenvalue weighted by molar-refractivity contribution is 6.31. The first-order valence-corrected chi connectivity index (χ1v) is 6.09. The van der Waals surface area contributed by atoms with Gasteiger partial charge in [0.1, 0.15) is 11.8 Å². The van der Waals surface area contributed by atoms with E-state index in [1.165, 1.54) is 0 Å². The van der Waals surface area contributed by atoms with Gasteiger partial charge in [-0.05, 0) is 35.9 Å². The molecular formula is C14H13ClN4. The van der Waals surface area contributed by atoms with E-state index in [0.717, 1.165) is 11.3 Å². The summed E-state index contributed by atoms with van der Waals surface area (Å²) in [6.45, 7) is 0.627. The Balaban J connectivity index is 2.23. The quantitative estimate of drug-likeness (QED) is 0.873. The maximum atomic E-state index is 8.83. The molecule has 0 aliphatic rings. The minimum absolute atomic E-state index is 0.407. The molecule has 1 heterocycles. The topological polar surface area (TPSA) is 65.9 Å². The Kier molecular flexibility index (Phi) is 3.88. The van der Waals surface area contributed by atoms with Crippen LogP contribution in [0.25, 0.3) is 0 Å². The molecule has 2 rings (SSSR count). The molecule has 19 heavy (non-hydrogen) atoms. The Hall–Kier alpha value is -2.25. The van der Waals surface area contributed by atoms with Gasteiger partial charge in [-0.2, -0.15) is 5.26 Å². The zero-order valence-electron chi connectivity index (χ0n) is 10.5. The van der Waals surface area contributed by atoms with Gasteiger partial charge in [0, 0.05) is 24.8 Å². The van der Waals surface area contributed by atoms with Crippen molar-refractivity contribution in [3.63, 3.8) is 0 Å². The van der Waals surface area contributed by atoms with Gasteiger partial charge >= 0.3 is 0 Å². The van der Waals surface area contributed by atoms with E-state index in [-0.39, 0.29) is 0 Å². The first-order chi connectivity index (χ1) is 9.10. The van der Waals surface area contributed by atoms with Gasteiger partial charge in [0.2, 0.25) is 0 Å². The van der Waals surface area contributed by atoms with Crippen molar-refractivity contribution in [2.45, 2.75) is 6.54 Å². The summed E-state index contributed by atoms with van der Waals surface area (Å²) in [6, 6.07) is 11.0. The van der Waals surface area contributed by atoms with Gasteiger partial charge in [0.05, 0.1) is 11.4 Å². The van der Waals surface area contributed by atoms with Crippen molar-refractivity contribution >= 4 is 23.0 Å². The summed E-state index contributed by atoms with van der Waals surface area (Å²) in [6.07, 6.45) is 1.63. The van der Waals surface area contributed by atoms with E-state index in [9.17, 15) is 0 Å². The fourth-order valence-corrected chi connectivity index (χ4v) is 2.01. The van der Waals surface area contributed by atoms with Crippen LogP contribution < -0.4 is 10.6 Å². The lowest BCUT2D eigenvalue weighted by Crippen LogP contribution is -2.18. The van der Waals surface area contributed by atoms with Crippen molar-refractivity contribution < 1.29 is 0 Å². The van der Waals surface area contributed by atoms with Crippen LogP contribution in [0.2, 0.25) is 5.02 Å².